The van der Waals surface area contributed by atoms with Gasteiger partial charge in [0.25, 0.3) is 5.91 Å². The second kappa shape index (κ2) is 8.89. The first-order chi connectivity index (χ1) is 17.1. The lowest BCUT2D eigenvalue weighted by Crippen LogP contribution is -2.49. The molecule has 0 N–H and O–H groups in total. The van der Waals surface area contributed by atoms with Gasteiger partial charge in [-0.25, -0.2) is 9.97 Å². The molecular formula is C28H30N6O. The van der Waals surface area contributed by atoms with Crippen LogP contribution in [0.2, 0.25) is 0 Å². The van der Waals surface area contributed by atoms with E-state index in [-0.39, 0.29) is 5.91 Å². The molecule has 0 spiro atoms. The molecule has 2 aliphatic rings. The van der Waals surface area contributed by atoms with Crippen molar-refractivity contribution in [2.24, 2.45) is 0 Å². The van der Waals surface area contributed by atoms with Crippen LogP contribution in [0.5, 0.6) is 0 Å². The molecule has 0 bridgehead atoms. The van der Waals surface area contributed by atoms with Gasteiger partial charge in [-0.05, 0) is 31.7 Å². The average Bonchev–Trinajstić information content (AvgIpc) is 2.90. The second-order valence-corrected chi connectivity index (χ2v) is 9.45. The van der Waals surface area contributed by atoms with Crippen LogP contribution in [0.1, 0.15) is 34.2 Å². The number of carbonyl (C=O) groups is 1. The Labute approximate surface area is 205 Å². The molecule has 7 heteroatoms. The van der Waals surface area contributed by atoms with Gasteiger partial charge < -0.3 is 9.80 Å². The third-order valence-electron chi connectivity index (χ3n) is 7.37. The summed E-state index contributed by atoms with van der Waals surface area (Å²) in [6, 6.07) is 16.1. The molecule has 6 rings (SSSR count). The number of pyridine rings is 1. The Morgan fingerprint density at radius 3 is 2.29 bits per heavy atom. The maximum atomic E-state index is 14.0. The number of nitrogens with zero attached hydrogens (tertiary/aromatic N) is 6. The van der Waals surface area contributed by atoms with Gasteiger partial charge in [0.2, 0.25) is 0 Å². The number of hydrogen-bond donors (Lipinski definition) is 0. The van der Waals surface area contributed by atoms with Gasteiger partial charge in [0.15, 0.2) is 5.82 Å². The zero-order valence-corrected chi connectivity index (χ0v) is 20.4. The largest absolute Gasteiger partial charge is 0.352 e. The number of piperazine rings is 1. The highest BCUT2D eigenvalue weighted by Gasteiger charge is 2.30. The highest BCUT2D eigenvalue weighted by atomic mass is 16.2. The van der Waals surface area contributed by atoms with E-state index in [1.807, 2.05) is 60.4 Å². The number of carbonyl (C=O) groups excluding carboxylic acids is 1. The van der Waals surface area contributed by atoms with Crippen LogP contribution in [0.3, 0.4) is 0 Å². The SMILES string of the molecule is CCN1CCc2nc3ccccc3c(C(=O)N3CCN(c4nc5ccccc5nc4C)CC3)c2C1. The number of anilines is 1. The van der Waals surface area contributed by atoms with Crippen molar-refractivity contribution in [3.8, 4) is 0 Å². The molecule has 35 heavy (non-hydrogen) atoms. The van der Waals surface area contributed by atoms with Crippen molar-refractivity contribution in [1.82, 2.24) is 24.8 Å². The number of likely N-dealkylation sites (N-methyl/N-ethyl adjacent to an activating group) is 1. The summed E-state index contributed by atoms with van der Waals surface area (Å²) in [5, 5.41) is 0.966. The van der Waals surface area contributed by atoms with Gasteiger partial charge in [-0.3, -0.25) is 14.7 Å². The summed E-state index contributed by atoms with van der Waals surface area (Å²) < 4.78 is 0. The number of benzene rings is 2. The van der Waals surface area contributed by atoms with Crippen LogP contribution in [0.15, 0.2) is 48.5 Å². The predicted molar refractivity (Wildman–Crippen MR) is 139 cm³/mol. The molecule has 4 aromatic rings. The molecule has 1 amide bonds. The Bertz CT molecular complexity index is 1430. The van der Waals surface area contributed by atoms with Crippen LogP contribution in [-0.4, -0.2) is 69.9 Å². The van der Waals surface area contributed by atoms with Crippen molar-refractivity contribution in [3.05, 3.63) is 71.0 Å². The fourth-order valence-corrected chi connectivity index (χ4v) is 5.42. The predicted octanol–water partition coefficient (Wildman–Crippen LogP) is 3.83. The first-order valence-electron chi connectivity index (χ1n) is 12.5. The van der Waals surface area contributed by atoms with Crippen LogP contribution in [0.25, 0.3) is 21.9 Å². The van der Waals surface area contributed by atoms with Gasteiger partial charge in [-0.2, -0.15) is 0 Å². The van der Waals surface area contributed by atoms with Crippen molar-refractivity contribution in [2.75, 3.05) is 44.2 Å². The highest BCUT2D eigenvalue weighted by Crippen LogP contribution is 2.30. The van der Waals surface area contributed by atoms with Gasteiger partial charge in [-0.15, -0.1) is 0 Å². The van der Waals surface area contributed by atoms with Gasteiger partial charge in [0.1, 0.15) is 0 Å². The Kier molecular flexibility index (Phi) is 5.57. The molecule has 0 unspecified atom stereocenters. The lowest BCUT2D eigenvalue weighted by atomic mass is 9.94. The summed E-state index contributed by atoms with van der Waals surface area (Å²) >= 11 is 0. The number of fused-ring (bicyclic) bond motifs is 3. The Hall–Kier alpha value is -3.58. The van der Waals surface area contributed by atoms with Gasteiger partial charge in [-0.1, -0.05) is 37.3 Å². The van der Waals surface area contributed by atoms with Crippen molar-refractivity contribution in [2.45, 2.75) is 26.8 Å². The molecule has 178 valence electrons. The van der Waals surface area contributed by atoms with Crippen LogP contribution in [0.4, 0.5) is 5.82 Å². The molecule has 0 aliphatic carbocycles. The number of aromatic nitrogens is 3. The van der Waals surface area contributed by atoms with E-state index in [9.17, 15) is 4.79 Å². The summed E-state index contributed by atoms with van der Waals surface area (Å²) in [5.74, 6) is 1.04. The topological polar surface area (TPSA) is 65.5 Å². The summed E-state index contributed by atoms with van der Waals surface area (Å²) in [5.41, 5.74) is 6.70. The molecule has 0 atom stereocenters. The Balaban J connectivity index is 1.29. The molecule has 4 heterocycles. The Morgan fingerprint density at radius 2 is 1.54 bits per heavy atom. The van der Waals surface area contributed by atoms with Gasteiger partial charge in [0, 0.05) is 62.3 Å². The molecule has 2 aromatic heterocycles. The second-order valence-electron chi connectivity index (χ2n) is 9.45. The summed E-state index contributed by atoms with van der Waals surface area (Å²) in [6.07, 6.45) is 0.891. The zero-order chi connectivity index (χ0) is 23.9. The monoisotopic (exact) mass is 466 g/mol. The molecule has 0 saturated carbocycles. The molecular weight excluding hydrogens is 436 g/mol. The maximum absolute atomic E-state index is 14.0. The van der Waals surface area contributed by atoms with Crippen LogP contribution in [0, 0.1) is 6.92 Å². The van der Waals surface area contributed by atoms with Crippen LogP contribution < -0.4 is 4.90 Å². The summed E-state index contributed by atoms with van der Waals surface area (Å²) in [7, 11) is 0. The van der Waals surface area contributed by atoms with Crippen LogP contribution in [-0.2, 0) is 13.0 Å². The molecule has 2 aromatic carbocycles. The fraction of sp³-hybridized carbons (Fsp3) is 0.357. The van der Waals surface area contributed by atoms with E-state index in [4.69, 9.17) is 15.0 Å². The molecule has 2 aliphatic heterocycles. The van der Waals surface area contributed by atoms with Crippen LogP contribution >= 0.6 is 0 Å². The van der Waals surface area contributed by atoms with E-state index < -0.39 is 0 Å². The molecule has 1 fully saturated rings. The summed E-state index contributed by atoms with van der Waals surface area (Å²) in [6.45, 7) is 9.76. The minimum atomic E-state index is 0.124. The lowest BCUT2D eigenvalue weighted by Gasteiger charge is -2.37. The van der Waals surface area contributed by atoms with Gasteiger partial charge >= 0.3 is 0 Å². The number of hydrogen-bond acceptors (Lipinski definition) is 6. The normalized spacial score (nSPS) is 16.6. The molecule has 7 nitrogen and oxygen atoms in total. The van der Waals surface area contributed by atoms with E-state index in [0.717, 1.165) is 89.4 Å². The Morgan fingerprint density at radius 1 is 0.857 bits per heavy atom. The first-order valence-corrected chi connectivity index (χ1v) is 12.5. The fourth-order valence-electron chi connectivity index (χ4n) is 5.42. The number of rotatable bonds is 3. The third kappa shape index (κ3) is 3.90. The number of amides is 1. The average molecular weight is 467 g/mol. The standard InChI is InChI=1S/C28H30N6O/c1-3-32-13-12-23-21(18-32)26(20-8-4-5-9-22(20)30-23)28(35)34-16-14-33(15-17-34)27-19(2)29-24-10-6-7-11-25(24)31-27/h4-11H,3,12-18H2,1-2H3. The van der Waals surface area contributed by atoms with E-state index in [1.165, 1.54) is 0 Å². The highest BCUT2D eigenvalue weighted by molar-refractivity contribution is 6.07. The minimum Gasteiger partial charge on any atom is -0.352 e. The smallest absolute Gasteiger partial charge is 0.255 e. The molecule has 0 radical (unpaired) electrons. The lowest BCUT2D eigenvalue weighted by molar-refractivity contribution is 0.0745. The number of aryl methyl sites for hydroxylation is 1. The van der Waals surface area contributed by atoms with E-state index >= 15 is 0 Å². The molecule has 1 saturated heterocycles. The summed E-state index contributed by atoms with van der Waals surface area (Å²) in [4.78, 5) is 35.2. The van der Waals surface area contributed by atoms with Crippen molar-refractivity contribution in [1.29, 1.82) is 0 Å². The quantitative estimate of drug-likeness (QED) is 0.457. The van der Waals surface area contributed by atoms with E-state index in [1.54, 1.807) is 0 Å². The number of para-hydroxylation sites is 3. The van der Waals surface area contributed by atoms with Crippen molar-refractivity contribution < 1.29 is 4.79 Å². The van der Waals surface area contributed by atoms with Crippen molar-refractivity contribution in [3.63, 3.8) is 0 Å². The maximum Gasteiger partial charge on any atom is 0.255 e. The van der Waals surface area contributed by atoms with Gasteiger partial charge in [0.05, 0.1) is 27.8 Å². The van der Waals surface area contributed by atoms with Crippen molar-refractivity contribution >= 4 is 33.7 Å². The third-order valence-corrected chi connectivity index (χ3v) is 7.37. The minimum absolute atomic E-state index is 0.124. The first kappa shape index (κ1) is 21.9. The van der Waals surface area contributed by atoms with E-state index in [0.29, 0.717) is 13.1 Å². The zero-order valence-electron chi connectivity index (χ0n) is 20.4. The van der Waals surface area contributed by atoms with E-state index in [2.05, 4.69) is 16.7 Å².